The summed E-state index contributed by atoms with van der Waals surface area (Å²) in [7, 11) is 0. The van der Waals surface area contributed by atoms with Gasteiger partial charge in [-0.25, -0.2) is 0 Å². The van der Waals surface area contributed by atoms with E-state index < -0.39 is 6.29 Å². The van der Waals surface area contributed by atoms with Gasteiger partial charge in [0, 0.05) is 5.41 Å². The first kappa shape index (κ1) is 10.7. The van der Waals surface area contributed by atoms with Crippen molar-refractivity contribution in [2.24, 2.45) is 5.41 Å². The van der Waals surface area contributed by atoms with Gasteiger partial charge in [0.2, 0.25) is 6.29 Å². The largest absolute Gasteiger partial charge is 0.464 e. The molecule has 0 aromatic carbocycles. The predicted molar refractivity (Wildman–Crippen MR) is 53.2 cm³/mol. The van der Waals surface area contributed by atoms with E-state index in [0.29, 0.717) is 19.0 Å². The number of ether oxygens (including phenoxy) is 2. The summed E-state index contributed by atoms with van der Waals surface area (Å²) in [6.07, 6.45) is 2.01. The molecule has 0 radical (unpaired) electrons. The summed E-state index contributed by atoms with van der Waals surface area (Å²) in [5.41, 5.74) is -0.247. The summed E-state index contributed by atoms with van der Waals surface area (Å²) in [6, 6.07) is 3.62. The summed E-state index contributed by atoms with van der Waals surface area (Å²) in [4.78, 5) is 0. The van der Waals surface area contributed by atoms with Crippen molar-refractivity contribution in [3.63, 3.8) is 0 Å². The highest BCUT2D eigenvalue weighted by Crippen LogP contribution is 2.33. The van der Waals surface area contributed by atoms with Crippen molar-refractivity contribution in [2.45, 2.75) is 19.6 Å². The maximum atomic E-state index is 9.27. The summed E-state index contributed by atoms with van der Waals surface area (Å²) < 4.78 is 16.3. The van der Waals surface area contributed by atoms with Gasteiger partial charge in [-0.2, -0.15) is 0 Å². The Labute approximate surface area is 88.8 Å². The maximum Gasteiger partial charge on any atom is 0.217 e. The Bertz CT molecular complexity index is 280. The Morgan fingerprint density at radius 3 is 2.67 bits per heavy atom. The van der Waals surface area contributed by atoms with Gasteiger partial charge in [0.1, 0.15) is 0 Å². The van der Waals surface area contributed by atoms with Crippen molar-refractivity contribution >= 4 is 0 Å². The van der Waals surface area contributed by atoms with Crippen LogP contribution in [0.4, 0.5) is 0 Å². The van der Waals surface area contributed by atoms with Crippen LogP contribution in [0.5, 0.6) is 0 Å². The van der Waals surface area contributed by atoms with Gasteiger partial charge in [0.25, 0.3) is 0 Å². The second-order valence-corrected chi connectivity index (χ2v) is 3.98. The highest BCUT2D eigenvalue weighted by molar-refractivity contribution is 5.00. The van der Waals surface area contributed by atoms with E-state index in [1.165, 1.54) is 0 Å². The minimum atomic E-state index is -0.425. The Kier molecular flexibility index (Phi) is 3.09. The topological polar surface area (TPSA) is 51.8 Å². The molecule has 1 aromatic heterocycles. The molecule has 15 heavy (non-hydrogen) atoms. The molecule has 1 aromatic rings. The van der Waals surface area contributed by atoms with Crippen molar-refractivity contribution in [2.75, 3.05) is 19.8 Å². The van der Waals surface area contributed by atoms with E-state index in [0.717, 1.165) is 6.42 Å². The van der Waals surface area contributed by atoms with E-state index in [1.54, 1.807) is 12.3 Å². The normalized spacial score (nSPS) is 31.7. The van der Waals surface area contributed by atoms with Gasteiger partial charge in [-0.05, 0) is 18.6 Å². The zero-order chi connectivity index (χ0) is 10.7. The lowest BCUT2D eigenvalue weighted by atomic mass is 9.87. The molecule has 0 saturated carbocycles. The number of rotatable bonds is 3. The van der Waals surface area contributed by atoms with Crippen LogP contribution in [0.15, 0.2) is 22.8 Å². The SMILES string of the molecule is CCC1(CO)COC(c2ccco2)OC1. The molecule has 84 valence electrons. The smallest absolute Gasteiger partial charge is 0.217 e. The van der Waals surface area contributed by atoms with Gasteiger partial charge in [-0.1, -0.05) is 6.92 Å². The minimum Gasteiger partial charge on any atom is -0.464 e. The first-order valence-corrected chi connectivity index (χ1v) is 5.17. The average Bonchev–Trinajstić information content (AvgIpc) is 2.83. The van der Waals surface area contributed by atoms with E-state index in [-0.39, 0.29) is 12.0 Å². The molecule has 0 unspecified atom stereocenters. The van der Waals surface area contributed by atoms with Crippen molar-refractivity contribution in [1.82, 2.24) is 0 Å². The van der Waals surface area contributed by atoms with Crippen LogP contribution in [0.3, 0.4) is 0 Å². The van der Waals surface area contributed by atoms with Crippen LogP contribution in [0.25, 0.3) is 0 Å². The third kappa shape index (κ3) is 2.07. The standard InChI is InChI=1S/C11H16O4/c1-2-11(6-12)7-14-10(15-8-11)9-4-3-5-13-9/h3-5,10,12H,2,6-8H2,1H3. The second kappa shape index (κ2) is 4.35. The van der Waals surface area contributed by atoms with E-state index >= 15 is 0 Å². The molecule has 2 rings (SSSR count). The molecule has 1 saturated heterocycles. The minimum absolute atomic E-state index is 0.0916. The number of aliphatic hydroxyl groups excluding tert-OH is 1. The zero-order valence-corrected chi connectivity index (χ0v) is 8.81. The van der Waals surface area contributed by atoms with Gasteiger partial charge in [0.05, 0.1) is 26.1 Å². The Balaban J connectivity index is 1.97. The van der Waals surface area contributed by atoms with Crippen molar-refractivity contribution in [3.05, 3.63) is 24.2 Å². The van der Waals surface area contributed by atoms with E-state index in [9.17, 15) is 5.11 Å². The molecule has 1 N–H and O–H groups in total. The van der Waals surface area contributed by atoms with Crippen molar-refractivity contribution in [3.8, 4) is 0 Å². The van der Waals surface area contributed by atoms with Gasteiger partial charge in [0.15, 0.2) is 5.76 Å². The quantitative estimate of drug-likeness (QED) is 0.828. The highest BCUT2D eigenvalue weighted by Gasteiger charge is 2.36. The zero-order valence-electron chi connectivity index (χ0n) is 8.81. The van der Waals surface area contributed by atoms with Crippen LogP contribution >= 0.6 is 0 Å². The molecule has 1 fully saturated rings. The van der Waals surface area contributed by atoms with Crippen LogP contribution < -0.4 is 0 Å². The van der Waals surface area contributed by atoms with Crippen molar-refractivity contribution < 1.29 is 19.0 Å². The fourth-order valence-electron chi connectivity index (χ4n) is 1.59. The van der Waals surface area contributed by atoms with Gasteiger partial charge < -0.3 is 19.0 Å². The monoisotopic (exact) mass is 212 g/mol. The van der Waals surface area contributed by atoms with Crippen molar-refractivity contribution in [1.29, 1.82) is 0 Å². The molecule has 4 heteroatoms. The predicted octanol–water partition coefficient (Wildman–Crippen LogP) is 1.71. The lowest BCUT2D eigenvalue weighted by Crippen LogP contribution is -2.41. The molecule has 0 atom stereocenters. The summed E-state index contributed by atoms with van der Waals surface area (Å²) >= 11 is 0. The first-order chi connectivity index (χ1) is 7.29. The molecule has 1 aliphatic rings. The third-order valence-corrected chi connectivity index (χ3v) is 2.94. The molecular weight excluding hydrogens is 196 g/mol. The number of hydrogen-bond acceptors (Lipinski definition) is 4. The summed E-state index contributed by atoms with van der Waals surface area (Å²) in [5.74, 6) is 0.678. The molecule has 0 spiro atoms. The molecule has 4 nitrogen and oxygen atoms in total. The highest BCUT2D eigenvalue weighted by atomic mass is 16.7. The van der Waals surface area contributed by atoms with Crippen LogP contribution in [0.1, 0.15) is 25.4 Å². The number of hydrogen-bond donors (Lipinski definition) is 1. The average molecular weight is 212 g/mol. The molecule has 0 aliphatic carbocycles. The summed E-state index contributed by atoms with van der Waals surface area (Å²) in [6.45, 7) is 3.13. The fraction of sp³-hybridized carbons (Fsp3) is 0.636. The molecule has 0 bridgehead atoms. The Morgan fingerprint density at radius 1 is 1.47 bits per heavy atom. The van der Waals surface area contributed by atoms with Crippen LogP contribution in [0, 0.1) is 5.41 Å². The molecule has 1 aliphatic heterocycles. The van der Waals surface area contributed by atoms with E-state index in [2.05, 4.69) is 0 Å². The molecule has 0 amide bonds. The van der Waals surface area contributed by atoms with Gasteiger partial charge >= 0.3 is 0 Å². The Hall–Kier alpha value is -0.840. The number of aliphatic hydroxyl groups is 1. The molecule has 2 heterocycles. The lowest BCUT2D eigenvalue weighted by molar-refractivity contribution is -0.248. The lowest BCUT2D eigenvalue weighted by Gasteiger charge is -2.37. The van der Waals surface area contributed by atoms with Gasteiger partial charge in [-0.15, -0.1) is 0 Å². The van der Waals surface area contributed by atoms with Crippen LogP contribution in [0.2, 0.25) is 0 Å². The van der Waals surface area contributed by atoms with E-state index in [1.807, 2.05) is 13.0 Å². The summed E-state index contributed by atoms with van der Waals surface area (Å²) in [5, 5.41) is 9.27. The Morgan fingerprint density at radius 2 is 2.20 bits per heavy atom. The third-order valence-electron chi connectivity index (χ3n) is 2.94. The fourth-order valence-corrected chi connectivity index (χ4v) is 1.59. The first-order valence-electron chi connectivity index (χ1n) is 5.17. The van der Waals surface area contributed by atoms with Crippen LogP contribution in [-0.4, -0.2) is 24.9 Å². The molecular formula is C11H16O4. The van der Waals surface area contributed by atoms with E-state index in [4.69, 9.17) is 13.9 Å². The number of furan rings is 1. The maximum absolute atomic E-state index is 9.27. The van der Waals surface area contributed by atoms with Crippen LogP contribution in [-0.2, 0) is 9.47 Å². The second-order valence-electron chi connectivity index (χ2n) is 3.98. The van der Waals surface area contributed by atoms with Gasteiger partial charge in [-0.3, -0.25) is 0 Å².